The van der Waals surface area contributed by atoms with Crippen molar-refractivity contribution in [3.63, 3.8) is 0 Å². The maximum atomic E-state index is 12.8. The van der Waals surface area contributed by atoms with Crippen molar-refractivity contribution in [3.8, 4) is 0 Å². The lowest BCUT2D eigenvalue weighted by Gasteiger charge is -2.24. The van der Waals surface area contributed by atoms with Gasteiger partial charge in [0.2, 0.25) is 5.91 Å². The van der Waals surface area contributed by atoms with Gasteiger partial charge >= 0.3 is 0 Å². The Kier molecular flexibility index (Phi) is 5.58. The third-order valence-corrected chi connectivity index (χ3v) is 2.71. The number of halogens is 1. The maximum absolute atomic E-state index is 12.8. The number of benzene rings is 1. The Balaban J connectivity index is 2.62. The molecule has 0 saturated heterocycles. The largest absolute Gasteiger partial charge is 0.372 e. The molecule has 1 unspecified atom stereocenters. The van der Waals surface area contributed by atoms with Crippen LogP contribution in [0.3, 0.4) is 0 Å². The lowest BCUT2D eigenvalue weighted by atomic mass is 10.2. The number of carbonyl (C=O) groups is 1. The molecule has 0 aromatic heterocycles. The van der Waals surface area contributed by atoms with Gasteiger partial charge in [-0.15, -0.1) is 0 Å². The Morgan fingerprint density at radius 1 is 1.44 bits per heavy atom. The Labute approximate surface area is 107 Å². The Bertz CT molecular complexity index is 380. The SMILES string of the molecule is CCCNC(CN(C)c1ccc(F)cc1)C(N)=O. The minimum atomic E-state index is -0.403. The Morgan fingerprint density at radius 3 is 2.56 bits per heavy atom. The summed E-state index contributed by atoms with van der Waals surface area (Å²) in [7, 11) is 1.84. The second-order valence-electron chi connectivity index (χ2n) is 4.27. The summed E-state index contributed by atoms with van der Waals surface area (Å²) in [5.74, 6) is -0.653. The van der Waals surface area contributed by atoms with Crippen LogP contribution in [-0.4, -0.2) is 32.1 Å². The van der Waals surface area contributed by atoms with Crippen LogP contribution in [-0.2, 0) is 4.79 Å². The molecule has 1 amide bonds. The van der Waals surface area contributed by atoms with Crippen LogP contribution < -0.4 is 16.0 Å². The quantitative estimate of drug-likeness (QED) is 0.765. The summed E-state index contributed by atoms with van der Waals surface area (Å²) in [5, 5.41) is 3.09. The van der Waals surface area contributed by atoms with Gasteiger partial charge in [-0.2, -0.15) is 0 Å². The first-order valence-electron chi connectivity index (χ1n) is 6.04. The molecule has 0 spiro atoms. The molecule has 0 fully saturated rings. The third kappa shape index (κ3) is 4.33. The van der Waals surface area contributed by atoms with Gasteiger partial charge < -0.3 is 16.0 Å². The van der Waals surface area contributed by atoms with E-state index in [0.29, 0.717) is 6.54 Å². The smallest absolute Gasteiger partial charge is 0.236 e. The zero-order valence-electron chi connectivity index (χ0n) is 10.8. The number of rotatable bonds is 7. The van der Waals surface area contributed by atoms with E-state index < -0.39 is 6.04 Å². The second-order valence-corrected chi connectivity index (χ2v) is 4.27. The van der Waals surface area contributed by atoms with Crippen LogP contribution in [0.1, 0.15) is 13.3 Å². The predicted octanol–water partition coefficient (Wildman–Crippen LogP) is 1.12. The number of likely N-dealkylation sites (N-methyl/N-ethyl adjacent to an activating group) is 1. The number of nitrogens with one attached hydrogen (secondary N) is 1. The van der Waals surface area contributed by atoms with E-state index in [4.69, 9.17) is 5.73 Å². The lowest BCUT2D eigenvalue weighted by Crippen LogP contribution is -2.48. The molecule has 1 aromatic rings. The van der Waals surface area contributed by atoms with Crippen molar-refractivity contribution in [1.82, 2.24) is 5.32 Å². The summed E-state index contributed by atoms with van der Waals surface area (Å²) in [5.41, 5.74) is 6.19. The van der Waals surface area contributed by atoms with Gasteiger partial charge in [-0.05, 0) is 37.2 Å². The van der Waals surface area contributed by atoms with Gasteiger partial charge in [-0.1, -0.05) is 6.92 Å². The molecule has 0 aliphatic heterocycles. The molecular formula is C13H20FN3O. The normalized spacial score (nSPS) is 12.2. The first kappa shape index (κ1) is 14.4. The van der Waals surface area contributed by atoms with E-state index in [0.717, 1.165) is 18.7 Å². The van der Waals surface area contributed by atoms with Crippen molar-refractivity contribution in [2.75, 3.05) is 25.0 Å². The molecule has 5 heteroatoms. The summed E-state index contributed by atoms with van der Waals surface area (Å²) >= 11 is 0. The third-order valence-electron chi connectivity index (χ3n) is 2.71. The zero-order valence-corrected chi connectivity index (χ0v) is 10.8. The number of amides is 1. The average Bonchev–Trinajstić information content (AvgIpc) is 2.34. The lowest BCUT2D eigenvalue weighted by molar-refractivity contribution is -0.119. The van der Waals surface area contributed by atoms with Crippen LogP contribution >= 0.6 is 0 Å². The highest BCUT2D eigenvalue weighted by Gasteiger charge is 2.16. The van der Waals surface area contributed by atoms with E-state index in [1.165, 1.54) is 12.1 Å². The number of anilines is 1. The number of carbonyl (C=O) groups excluding carboxylic acids is 1. The fourth-order valence-corrected chi connectivity index (χ4v) is 1.65. The van der Waals surface area contributed by atoms with Crippen LogP contribution in [0.4, 0.5) is 10.1 Å². The summed E-state index contributed by atoms with van der Waals surface area (Å²) in [6, 6.07) is 5.73. The highest BCUT2D eigenvalue weighted by molar-refractivity contribution is 5.80. The van der Waals surface area contributed by atoms with Crippen LogP contribution in [0.5, 0.6) is 0 Å². The number of hydrogen-bond donors (Lipinski definition) is 2. The van der Waals surface area contributed by atoms with E-state index in [9.17, 15) is 9.18 Å². The molecule has 0 radical (unpaired) electrons. The molecule has 0 aliphatic carbocycles. The van der Waals surface area contributed by atoms with Gasteiger partial charge in [0.15, 0.2) is 0 Å². The van der Waals surface area contributed by atoms with Crippen molar-refractivity contribution in [1.29, 1.82) is 0 Å². The van der Waals surface area contributed by atoms with E-state index >= 15 is 0 Å². The standard InChI is InChI=1S/C13H20FN3O/c1-3-8-16-12(13(15)18)9-17(2)11-6-4-10(14)5-7-11/h4-7,12,16H,3,8-9H2,1-2H3,(H2,15,18). The van der Waals surface area contributed by atoms with Crippen molar-refractivity contribution >= 4 is 11.6 Å². The molecule has 18 heavy (non-hydrogen) atoms. The van der Waals surface area contributed by atoms with Crippen LogP contribution in [0.15, 0.2) is 24.3 Å². The van der Waals surface area contributed by atoms with Gasteiger partial charge in [-0.25, -0.2) is 4.39 Å². The summed E-state index contributed by atoms with van der Waals surface area (Å²) in [4.78, 5) is 13.2. The van der Waals surface area contributed by atoms with Crippen molar-refractivity contribution < 1.29 is 9.18 Å². The molecule has 1 atom stereocenters. The van der Waals surface area contributed by atoms with E-state index in [-0.39, 0.29) is 11.7 Å². The fourth-order valence-electron chi connectivity index (χ4n) is 1.65. The van der Waals surface area contributed by atoms with Gasteiger partial charge in [-0.3, -0.25) is 4.79 Å². The molecular weight excluding hydrogens is 233 g/mol. The van der Waals surface area contributed by atoms with Crippen LogP contribution in [0.2, 0.25) is 0 Å². The molecule has 3 N–H and O–H groups in total. The topological polar surface area (TPSA) is 58.4 Å². The molecule has 0 saturated carbocycles. The summed E-state index contributed by atoms with van der Waals surface area (Å²) < 4.78 is 12.8. The number of primary amides is 1. The van der Waals surface area contributed by atoms with E-state index in [2.05, 4.69) is 5.32 Å². The minimum absolute atomic E-state index is 0.275. The van der Waals surface area contributed by atoms with E-state index in [1.54, 1.807) is 12.1 Å². The van der Waals surface area contributed by atoms with Crippen molar-refractivity contribution in [2.45, 2.75) is 19.4 Å². The first-order chi connectivity index (χ1) is 8.54. The molecule has 0 bridgehead atoms. The summed E-state index contributed by atoms with van der Waals surface area (Å²) in [6.07, 6.45) is 0.935. The highest BCUT2D eigenvalue weighted by Crippen LogP contribution is 2.13. The zero-order chi connectivity index (χ0) is 13.5. The molecule has 4 nitrogen and oxygen atoms in total. The number of hydrogen-bond acceptors (Lipinski definition) is 3. The first-order valence-corrected chi connectivity index (χ1v) is 6.04. The minimum Gasteiger partial charge on any atom is -0.372 e. The fraction of sp³-hybridized carbons (Fsp3) is 0.462. The molecule has 0 heterocycles. The molecule has 1 rings (SSSR count). The monoisotopic (exact) mass is 253 g/mol. The van der Waals surface area contributed by atoms with Crippen molar-refractivity contribution in [3.05, 3.63) is 30.1 Å². The van der Waals surface area contributed by atoms with E-state index in [1.807, 2.05) is 18.9 Å². The molecule has 1 aromatic carbocycles. The highest BCUT2D eigenvalue weighted by atomic mass is 19.1. The Morgan fingerprint density at radius 2 is 2.06 bits per heavy atom. The maximum Gasteiger partial charge on any atom is 0.236 e. The molecule has 0 aliphatic rings. The Hall–Kier alpha value is -1.62. The average molecular weight is 253 g/mol. The van der Waals surface area contributed by atoms with Gasteiger partial charge in [0.1, 0.15) is 11.9 Å². The van der Waals surface area contributed by atoms with Gasteiger partial charge in [0, 0.05) is 19.3 Å². The molecule has 100 valence electrons. The van der Waals surface area contributed by atoms with Gasteiger partial charge in [0.05, 0.1) is 0 Å². The van der Waals surface area contributed by atoms with Crippen LogP contribution in [0.25, 0.3) is 0 Å². The predicted molar refractivity (Wildman–Crippen MR) is 70.9 cm³/mol. The second kappa shape index (κ2) is 6.96. The van der Waals surface area contributed by atoms with Crippen molar-refractivity contribution in [2.24, 2.45) is 5.73 Å². The number of nitrogens with zero attached hydrogens (tertiary/aromatic N) is 1. The van der Waals surface area contributed by atoms with Crippen LogP contribution in [0, 0.1) is 5.82 Å². The summed E-state index contributed by atoms with van der Waals surface area (Å²) in [6.45, 7) is 3.22. The van der Waals surface area contributed by atoms with Gasteiger partial charge in [0.25, 0.3) is 0 Å². The number of nitrogens with two attached hydrogens (primary N) is 1.